The summed E-state index contributed by atoms with van der Waals surface area (Å²) in [6.45, 7) is 5.48. The van der Waals surface area contributed by atoms with E-state index in [0.29, 0.717) is 5.75 Å². The molecule has 0 saturated carbocycles. The number of hydrogen-bond donors (Lipinski definition) is 2. The number of piperidine rings is 1. The van der Waals surface area contributed by atoms with E-state index in [-0.39, 0.29) is 30.4 Å². The smallest absolute Gasteiger partial charge is 0.260 e. The van der Waals surface area contributed by atoms with Gasteiger partial charge in [-0.3, -0.25) is 9.59 Å². The van der Waals surface area contributed by atoms with Crippen LogP contribution >= 0.6 is 0 Å². The first-order chi connectivity index (χ1) is 13.2. The van der Waals surface area contributed by atoms with Crippen molar-refractivity contribution in [3.8, 4) is 5.75 Å². The van der Waals surface area contributed by atoms with E-state index in [2.05, 4.69) is 17.6 Å². The van der Waals surface area contributed by atoms with Crippen LogP contribution in [0.4, 0.5) is 0 Å². The minimum absolute atomic E-state index is 0.0256. The SMILES string of the molecule is CCC(NC(=O)C1CCCNC1)c1ccccc1OCC(=O)N1CCCC1. The molecule has 0 radical (unpaired) electrons. The lowest BCUT2D eigenvalue weighted by Crippen LogP contribution is -2.41. The molecule has 2 saturated heterocycles. The Morgan fingerprint density at radius 2 is 2.04 bits per heavy atom. The second-order valence-corrected chi connectivity index (χ2v) is 7.43. The number of rotatable bonds is 7. The van der Waals surface area contributed by atoms with Crippen molar-refractivity contribution in [3.05, 3.63) is 29.8 Å². The Balaban J connectivity index is 1.63. The van der Waals surface area contributed by atoms with Gasteiger partial charge in [-0.25, -0.2) is 0 Å². The second kappa shape index (κ2) is 9.74. The summed E-state index contributed by atoms with van der Waals surface area (Å²) >= 11 is 0. The molecule has 2 unspecified atom stereocenters. The van der Waals surface area contributed by atoms with E-state index in [1.807, 2.05) is 29.2 Å². The fourth-order valence-corrected chi connectivity index (χ4v) is 3.86. The van der Waals surface area contributed by atoms with Gasteiger partial charge >= 0.3 is 0 Å². The molecule has 0 spiro atoms. The van der Waals surface area contributed by atoms with E-state index in [0.717, 1.165) is 63.8 Å². The highest BCUT2D eigenvalue weighted by atomic mass is 16.5. The average molecular weight is 373 g/mol. The van der Waals surface area contributed by atoms with Crippen LogP contribution in [0.1, 0.15) is 50.6 Å². The first-order valence-corrected chi connectivity index (χ1v) is 10.2. The molecule has 1 aromatic rings. The maximum atomic E-state index is 12.6. The van der Waals surface area contributed by atoms with Crippen molar-refractivity contribution >= 4 is 11.8 Å². The number of amides is 2. The highest BCUT2D eigenvalue weighted by Gasteiger charge is 2.25. The second-order valence-electron chi connectivity index (χ2n) is 7.43. The molecule has 2 aliphatic heterocycles. The van der Waals surface area contributed by atoms with E-state index in [1.165, 1.54) is 0 Å². The molecule has 0 bridgehead atoms. The van der Waals surface area contributed by atoms with Crippen molar-refractivity contribution in [2.45, 2.75) is 45.1 Å². The molecule has 2 amide bonds. The maximum Gasteiger partial charge on any atom is 0.260 e. The molecule has 0 aromatic heterocycles. The lowest BCUT2D eigenvalue weighted by molar-refractivity contribution is -0.132. The Kier molecular flexibility index (Phi) is 7.10. The Morgan fingerprint density at radius 1 is 1.26 bits per heavy atom. The van der Waals surface area contributed by atoms with Gasteiger partial charge in [-0.05, 0) is 44.7 Å². The quantitative estimate of drug-likeness (QED) is 0.769. The lowest BCUT2D eigenvalue weighted by Gasteiger charge is -2.26. The molecule has 2 N–H and O–H groups in total. The standard InChI is InChI=1S/C21H31N3O3/c1-2-18(23-21(26)16-8-7-11-22-14-16)17-9-3-4-10-19(17)27-15-20(25)24-12-5-6-13-24/h3-4,9-10,16,18,22H,2,5-8,11-15H2,1H3,(H,23,26). The average Bonchev–Trinajstić information content (AvgIpc) is 3.26. The third-order valence-corrected chi connectivity index (χ3v) is 5.50. The van der Waals surface area contributed by atoms with Crippen LogP contribution in [0.15, 0.2) is 24.3 Å². The Bertz CT molecular complexity index is 637. The van der Waals surface area contributed by atoms with E-state index in [1.54, 1.807) is 0 Å². The van der Waals surface area contributed by atoms with Gasteiger partial charge in [0.15, 0.2) is 6.61 Å². The summed E-state index contributed by atoms with van der Waals surface area (Å²) in [5.74, 6) is 0.834. The molecule has 27 heavy (non-hydrogen) atoms. The van der Waals surface area contributed by atoms with Crippen LogP contribution in [-0.4, -0.2) is 49.5 Å². The number of nitrogens with zero attached hydrogens (tertiary/aromatic N) is 1. The van der Waals surface area contributed by atoms with Gasteiger partial charge in [0.1, 0.15) is 5.75 Å². The van der Waals surface area contributed by atoms with Gasteiger partial charge in [-0.1, -0.05) is 25.1 Å². The first kappa shape index (κ1) is 19.7. The van der Waals surface area contributed by atoms with E-state index in [4.69, 9.17) is 4.74 Å². The van der Waals surface area contributed by atoms with Crippen molar-refractivity contribution in [1.82, 2.24) is 15.5 Å². The van der Waals surface area contributed by atoms with Crippen LogP contribution in [0.3, 0.4) is 0 Å². The first-order valence-electron chi connectivity index (χ1n) is 10.2. The van der Waals surface area contributed by atoms with Crippen molar-refractivity contribution < 1.29 is 14.3 Å². The van der Waals surface area contributed by atoms with Gasteiger partial charge in [-0.15, -0.1) is 0 Å². The summed E-state index contributed by atoms with van der Waals surface area (Å²) in [5, 5.41) is 6.47. The molecule has 148 valence electrons. The van der Waals surface area contributed by atoms with Crippen molar-refractivity contribution in [2.24, 2.45) is 5.92 Å². The number of carbonyl (C=O) groups excluding carboxylic acids is 2. The van der Waals surface area contributed by atoms with Crippen molar-refractivity contribution in [2.75, 3.05) is 32.8 Å². The molecule has 2 fully saturated rings. The number of likely N-dealkylation sites (tertiary alicyclic amines) is 1. The summed E-state index contributed by atoms with van der Waals surface area (Å²) in [5.41, 5.74) is 0.936. The summed E-state index contributed by atoms with van der Waals surface area (Å²) in [6, 6.07) is 7.59. The molecule has 2 atom stereocenters. The van der Waals surface area contributed by atoms with Crippen LogP contribution in [-0.2, 0) is 9.59 Å². The third kappa shape index (κ3) is 5.22. The molecular weight excluding hydrogens is 342 g/mol. The third-order valence-electron chi connectivity index (χ3n) is 5.50. The monoisotopic (exact) mass is 373 g/mol. The number of carbonyl (C=O) groups is 2. The largest absolute Gasteiger partial charge is 0.483 e. The fraction of sp³-hybridized carbons (Fsp3) is 0.619. The highest BCUT2D eigenvalue weighted by molar-refractivity contribution is 5.80. The van der Waals surface area contributed by atoms with Crippen molar-refractivity contribution in [1.29, 1.82) is 0 Å². The van der Waals surface area contributed by atoms with E-state index in [9.17, 15) is 9.59 Å². The summed E-state index contributed by atoms with van der Waals surface area (Å²) in [7, 11) is 0. The zero-order valence-electron chi connectivity index (χ0n) is 16.2. The highest BCUT2D eigenvalue weighted by Crippen LogP contribution is 2.28. The molecule has 6 nitrogen and oxygen atoms in total. The van der Waals surface area contributed by atoms with Crippen LogP contribution in [0.2, 0.25) is 0 Å². The number of nitrogens with one attached hydrogen (secondary N) is 2. The van der Waals surface area contributed by atoms with Gasteiger partial charge in [-0.2, -0.15) is 0 Å². The molecule has 6 heteroatoms. The van der Waals surface area contributed by atoms with E-state index < -0.39 is 0 Å². The lowest BCUT2D eigenvalue weighted by atomic mass is 9.97. The minimum atomic E-state index is -0.113. The van der Waals surface area contributed by atoms with Crippen LogP contribution in [0.5, 0.6) is 5.75 Å². The molecule has 0 aliphatic carbocycles. The van der Waals surface area contributed by atoms with Gasteiger partial charge in [0.25, 0.3) is 5.91 Å². The minimum Gasteiger partial charge on any atom is -0.483 e. The normalized spacial score (nSPS) is 20.9. The number of hydrogen-bond acceptors (Lipinski definition) is 4. The fourth-order valence-electron chi connectivity index (χ4n) is 3.86. The predicted octanol–water partition coefficient (Wildman–Crippen LogP) is 2.25. The summed E-state index contributed by atoms with van der Waals surface area (Å²) in [6.07, 6.45) is 4.88. The molecule has 1 aromatic carbocycles. The Morgan fingerprint density at radius 3 is 2.74 bits per heavy atom. The topological polar surface area (TPSA) is 70.7 Å². The Labute approximate surface area is 161 Å². The van der Waals surface area contributed by atoms with Gasteiger partial charge in [0.2, 0.25) is 5.91 Å². The predicted molar refractivity (Wildman–Crippen MR) is 105 cm³/mol. The van der Waals surface area contributed by atoms with Crippen LogP contribution in [0, 0.1) is 5.92 Å². The Hall–Kier alpha value is -2.08. The van der Waals surface area contributed by atoms with E-state index >= 15 is 0 Å². The summed E-state index contributed by atoms with van der Waals surface area (Å²) in [4.78, 5) is 26.8. The molecule has 2 aliphatic rings. The summed E-state index contributed by atoms with van der Waals surface area (Å²) < 4.78 is 5.87. The zero-order valence-corrected chi connectivity index (χ0v) is 16.2. The van der Waals surface area contributed by atoms with Crippen molar-refractivity contribution in [3.63, 3.8) is 0 Å². The van der Waals surface area contributed by atoms with Gasteiger partial charge in [0.05, 0.1) is 12.0 Å². The van der Waals surface area contributed by atoms with Gasteiger partial charge < -0.3 is 20.3 Å². The molecule has 2 heterocycles. The van der Waals surface area contributed by atoms with Crippen LogP contribution in [0.25, 0.3) is 0 Å². The maximum absolute atomic E-state index is 12.6. The number of para-hydroxylation sites is 1. The molecular formula is C21H31N3O3. The zero-order chi connectivity index (χ0) is 19.1. The van der Waals surface area contributed by atoms with Gasteiger partial charge in [0, 0.05) is 25.2 Å². The molecule has 3 rings (SSSR count). The number of benzene rings is 1. The number of ether oxygens (including phenoxy) is 1. The van der Waals surface area contributed by atoms with Crippen LogP contribution < -0.4 is 15.4 Å².